The number of ether oxygens (including phenoxy) is 1. The summed E-state index contributed by atoms with van der Waals surface area (Å²) in [6.45, 7) is 7.22. The molecule has 2 atom stereocenters. The maximum atomic E-state index is 12.4. The van der Waals surface area contributed by atoms with Crippen molar-refractivity contribution in [3.63, 3.8) is 0 Å². The van der Waals surface area contributed by atoms with E-state index in [1.165, 1.54) is 0 Å². The van der Waals surface area contributed by atoms with E-state index in [2.05, 4.69) is 5.32 Å². The van der Waals surface area contributed by atoms with Gasteiger partial charge in [-0.15, -0.1) is 0 Å². The monoisotopic (exact) mass is 294 g/mol. The zero-order chi connectivity index (χ0) is 15.5. The molecule has 2 aliphatic rings. The van der Waals surface area contributed by atoms with Gasteiger partial charge in [-0.3, -0.25) is 0 Å². The van der Waals surface area contributed by atoms with E-state index >= 15 is 0 Å². The van der Waals surface area contributed by atoms with Crippen LogP contribution in [0.4, 0.5) is 4.79 Å². The highest BCUT2D eigenvalue weighted by Gasteiger charge is 2.37. The molecule has 0 aromatic carbocycles. The molecule has 2 heterocycles. The molecule has 1 saturated heterocycles. The van der Waals surface area contributed by atoms with Gasteiger partial charge < -0.3 is 20.1 Å². The van der Waals surface area contributed by atoms with Gasteiger partial charge in [0.2, 0.25) is 0 Å². The molecule has 0 spiro atoms. The zero-order valence-corrected chi connectivity index (χ0v) is 13.1. The molecule has 0 saturated carbocycles. The number of nitrogens with zero attached hydrogens (tertiary/aromatic N) is 1. The van der Waals surface area contributed by atoms with Gasteiger partial charge >= 0.3 is 6.09 Å². The largest absolute Gasteiger partial charge is 0.443 e. The lowest BCUT2D eigenvalue weighted by Crippen LogP contribution is -2.46. The van der Waals surface area contributed by atoms with Gasteiger partial charge in [-0.05, 0) is 38.7 Å². The Labute approximate surface area is 126 Å². The highest BCUT2D eigenvalue weighted by Crippen LogP contribution is 2.27. The van der Waals surface area contributed by atoms with Gasteiger partial charge in [0.15, 0.2) is 0 Å². The molecule has 5 heteroatoms. The first-order valence-corrected chi connectivity index (χ1v) is 7.72. The molecule has 0 aromatic rings. The number of hydrogen-bond acceptors (Lipinski definition) is 4. The number of aliphatic hydroxyl groups is 1. The van der Waals surface area contributed by atoms with Crippen LogP contribution in [-0.2, 0) is 4.74 Å². The van der Waals surface area contributed by atoms with Crippen molar-refractivity contribution in [1.29, 1.82) is 0 Å². The standard InChI is InChI=1S/C16H26N2O3/c1-4-16(2,3)21-15(20)18-10-6-8-13(18)14(19)12-7-5-9-17-11-12/h5,7,11,13-14,17,19H,4,6,8-10H2,1-3H3/t13-,14?/m0/s1. The fourth-order valence-electron chi connectivity index (χ4n) is 2.61. The van der Waals surface area contributed by atoms with E-state index < -0.39 is 11.7 Å². The highest BCUT2D eigenvalue weighted by molar-refractivity contribution is 5.69. The Hall–Kier alpha value is -1.49. The number of rotatable bonds is 4. The van der Waals surface area contributed by atoms with Crippen molar-refractivity contribution in [2.75, 3.05) is 13.1 Å². The summed E-state index contributed by atoms with van der Waals surface area (Å²) in [4.78, 5) is 14.0. The van der Waals surface area contributed by atoms with Crippen molar-refractivity contribution in [3.8, 4) is 0 Å². The Balaban J connectivity index is 2.04. The summed E-state index contributed by atoms with van der Waals surface area (Å²) in [7, 11) is 0. The number of aliphatic hydroxyl groups excluding tert-OH is 1. The van der Waals surface area contributed by atoms with Gasteiger partial charge in [0.1, 0.15) is 11.7 Å². The first-order chi connectivity index (χ1) is 9.94. The number of carbonyl (C=O) groups is 1. The summed E-state index contributed by atoms with van der Waals surface area (Å²) in [6, 6.07) is -0.207. The van der Waals surface area contributed by atoms with Crippen molar-refractivity contribution >= 4 is 6.09 Å². The normalized spacial score (nSPS) is 23.5. The molecule has 0 radical (unpaired) electrons. The molecule has 1 amide bonds. The predicted octanol–water partition coefficient (Wildman–Crippen LogP) is 2.18. The van der Waals surface area contributed by atoms with Crippen LogP contribution in [-0.4, -0.2) is 46.9 Å². The van der Waals surface area contributed by atoms with E-state index in [4.69, 9.17) is 4.74 Å². The van der Waals surface area contributed by atoms with E-state index in [1.807, 2.05) is 39.1 Å². The number of likely N-dealkylation sites (tertiary alicyclic amines) is 1. The molecule has 0 bridgehead atoms. The maximum absolute atomic E-state index is 12.4. The molecule has 0 aromatic heterocycles. The average molecular weight is 294 g/mol. The Morgan fingerprint density at radius 2 is 2.38 bits per heavy atom. The number of hydrogen-bond donors (Lipinski definition) is 2. The Bertz CT molecular complexity index is 443. The molecule has 5 nitrogen and oxygen atoms in total. The summed E-state index contributed by atoms with van der Waals surface area (Å²) >= 11 is 0. The van der Waals surface area contributed by atoms with Crippen molar-refractivity contribution in [3.05, 3.63) is 23.9 Å². The van der Waals surface area contributed by atoms with Crippen LogP contribution in [0, 0.1) is 0 Å². The van der Waals surface area contributed by atoms with Crippen molar-refractivity contribution in [1.82, 2.24) is 10.2 Å². The smallest absolute Gasteiger partial charge is 0.410 e. The second-order valence-corrected chi connectivity index (χ2v) is 6.28. The second kappa shape index (κ2) is 6.52. The third kappa shape index (κ3) is 3.79. The molecular formula is C16H26N2O3. The summed E-state index contributed by atoms with van der Waals surface area (Å²) < 4.78 is 5.56. The van der Waals surface area contributed by atoms with E-state index in [-0.39, 0.29) is 12.1 Å². The third-order valence-corrected chi connectivity index (χ3v) is 4.27. The number of carbonyl (C=O) groups excluding carboxylic acids is 1. The molecule has 1 unspecified atom stereocenters. The molecule has 118 valence electrons. The minimum Gasteiger partial charge on any atom is -0.443 e. The minimum atomic E-state index is -0.672. The third-order valence-electron chi connectivity index (χ3n) is 4.27. The Kier molecular flexibility index (Phi) is 4.93. The summed E-state index contributed by atoms with van der Waals surface area (Å²) in [5.41, 5.74) is 0.349. The van der Waals surface area contributed by atoms with Crippen molar-refractivity contribution in [2.24, 2.45) is 0 Å². The lowest BCUT2D eigenvalue weighted by Gasteiger charge is -2.32. The fourth-order valence-corrected chi connectivity index (χ4v) is 2.61. The topological polar surface area (TPSA) is 61.8 Å². The van der Waals surface area contributed by atoms with E-state index in [9.17, 15) is 9.90 Å². The predicted molar refractivity (Wildman–Crippen MR) is 81.8 cm³/mol. The first-order valence-electron chi connectivity index (χ1n) is 7.72. The number of amides is 1. The highest BCUT2D eigenvalue weighted by atomic mass is 16.6. The van der Waals surface area contributed by atoms with Gasteiger partial charge in [-0.2, -0.15) is 0 Å². The van der Waals surface area contributed by atoms with Crippen molar-refractivity contribution < 1.29 is 14.6 Å². The number of dihydropyridines is 1. The van der Waals surface area contributed by atoms with Crippen LogP contribution in [0.15, 0.2) is 23.9 Å². The van der Waals surface area contributed by atoms with Gasteiger partial charge in [-0.1, -0.05) is 19.1 Å². The van der Waals surface area contributed by atoms with Gasteiger partial charge in [0.25, 0.3) is 0 Å². The van der Waals surface area contributed by atoms with Crippen LogP contribution >= 0.6 is 0 Å². The van der Waals surface area contributed by atoms with Crippen LogP contribution in [0.2, 0.25) is 0 Å². The summed E-state index contributed by atoms with van der Waals surface area (Å²) in [6.07, 6.45) is 7.17. The quantitative estimate of drug-likeness (QED) is 0.834. The number of nitrogens with one attached hydrogen (secondary N) is 1. The average Bonchev–Trinajstić information content (AvgIpc) is 2.96. The van der Waals surface area contributed by atoms with Gasteiger partial charge in [-0.25, -0.2) is 4.79 Å². The molecule has 2 N–H and O–H groups in total. The zero-order valence-electron chi connectivity index (χ0n) is 13.1. The second-order valence-electron chi connectivity index (χ2n) is 6.28. The van der Waals surface area contributed by atoms with E-state index in [0.29, 0.717) is 6.54 Å². The SMILES string of the molecule is CCC(C)(C)OC(=O)N1CCC[C@H]1C(O)C1=CNCC=C1. The van der Waals surface area contributed by atoms with E-state index in [0.717, 1.165) is 31.4 Å². The van der Waals surface area contributed by atoms with E-state index in [1.54, 1.807) is 4.90 Å². The first kappa shape index (κ1) is 15.9. The maximum Gasteiger partial charge on any atom is 0.410 e. The summed E-state index contributed by atoms with van der Waals surface area (Å²) in [5, 5.41) is 13.6. The fraction of sp³-hybridized carbons (Fsp3) is 0.688. The molecule has 0 aliphatic carbocycles. The van der Waals surface area contributed by atoms with Crippen LogP contribution in [0.3, 0.4) is 0 Å². The van der Waals surface area contributed by atoms with Crippen molar-refractivity contribution in [2.45, 2.75) is 57.8 Å². The Morgan fingerprint density at radius 3 is 3.00 bits per heavy atom. The summed E-state index contributed by atoms with van der Waals surface area (Å²) in [5.74, 6) is 0. The van der Waals surface area contributed by atoms with Crippen LogP contribution < -0.4 is 5.32 Å². The molecule has 2 rings (SSSR count). The van der Waals surface area contributed by atoms with Gasteiger partial charge in [0, 0.05) is 19.3 Å². The molecule has 21 heavy (non-hydrogen) atoms. The lowest BCUT2D eigenvalue weighted by molar-refractivity contribution is -0.000657. The van der Waals surface area contributed by atoms with Crippen LogP contribution in [0.5, 0.6) is 0 Å². The molecule has 2 aliphatic heterocycles. The van der Waals surface area contributed by atoms with Gasteiger partial charge in [0.05, 0.1) is 6.04 Å². The molecular weight excluding hydrogens is 268 g/mol. The van der Waals surface area contributed by atoms with Crippen LogP contribution in [0.1, 0.15) is 40.0 Å². The minimum absolute atomic E-state index is 0.207. The molecule has 1 fully saturated rings. The Morgan fingerprint density at radius 1 is 1.62 bits per heavy atom. The van der Waals surface area contributed by atoms with Crippen LogP contribution in [0.25, 0.3) is 0 Å². The lowest BCUT2D eigenvalue weighted by atomic mass is 9.99.